The van der Waals surface area contributed by atoms with Crippen LogP contribution < -0.4 is 19.1 Å². The molecule has 0 N–H and O–H groups in total. The second kappa shape index (κ2) is 13.1. The monoisotopic (exact) mass is 541 g/mol. The highest BCUT2D eigenvalue weighted by Crippen LogP contribution is 2.29. The van der Waals surface area contributed by atoms with Crippen LogP contribution >= 0.6 is 0 Å². The van der Waals surface area contributed by atoms with Crippen LogP contribution in [0.15, 0.2) is 143 Å². The minimum absolute atomic E-state index is 0.706. The number of ether oxygens (including phenoxy) is 3. The van der Waals surface area contributed by atoms with Gasteiger partial charge in [0.05, 0.1) is 32.7 Å². The molecular formula is C35H31N3O3. The largest absolute Gasteiger partial charge is 0.497 e. The van der Waals surface area contributed by atoms with Gasteiger partial charge in [0.1, 0.15) is 28.9 Å². The molecule has 5 rings (SSSR count). The van der Waals surface area contributed by atoms with E-state index in [1.165, 1.54) is 0 Å². The molecule has 0 aliphatic heterocycles. The van der Waals surface area contributed by atoms with Crippen molar-refractivity contribution in [1.29, 1.82) is 0 Å². The van der Waals surface area contributed by atoms with Gasteiger partial charge in [-0.25, -0.2) is 9.98 Å². The van der Waals surface area contributed by atoms with Crippen molar-refractivity contribution in [3.8, 4) is 17.2 Å². The van der Waals surface area contributed by atoms with Gasteiger partial charge in [-0.05, 0) is 72.8 Å². The SMILES string of the molecule is COc1ccc(N=C(c2ccccc2)N(C(=Nc2ccc(OC)cc2)c2ccccc2)c2ccc(OC)cc2)cc1. The van der Waals surface area contributed by atoms with E-state index in [4.69, 9.17) is 24.2 Å². The summed E-state index contributed by atoms with van der Waals surface area (Å²) in [6.07, 6.45) is 0. The molecule has 0 atom stereocenters. The molecule has 204 valence electrons. The van der Waals surface area contributed by atoms with Crippen LogP contribution in [-0.2, 0) is 0 Å². The van der Waals surface area contributed by atoms with Gasteiger partial charge in [-0.2, -0.15) is 0 Å². The summed E-state index contributed by atoms with van der Waals surface area (Å²) in [6, 6.07) is 43.5. The number of anilines is 1. The minimum atomic E-state index is 0.706. The maximum absolute atomic E-state index is 5.47. The lowest BCUT2D eigenvalue weighted by molar-refractivity contribution is 0.415. The molecule has 6 heteroatoms. The molecule has 5 aromatic carbocycles. The third-order valence-electron chi connectivity index (χ3n) is 6.43. The quantitative estimate of drug-likeness (QED) is 0.147. The second-order valence-electron chi connectivity index (χ2n) is 9.03. The number of hydrogen-bond acceptors (Lipinski definition) is 5. The zero-order valence-corrected chi connectivity index (χ0v) is 23.3. The molecule has 0 fully saturated rings. The van der Waals surface area contributed by atoms with E-state index in [1.807, 2.05) is 109 Å². The van der Waals surface area contributed by atoms with Crippen molar-refractivity contribution < 1.29 is 14.2 Å². The smallest absolute Gasteiger partial charge is 0.146 e. The first kappa shape index (κ1) is 27.2. The molecule has 0 amide bonds. The average Bonchev–Trinajstić information content (AvgIpc) is 3.05. The van der Waals surface area contributed by atoms with Gasteiger partial charge >= 0.3 is 0 Å². The highest BCUT2D eigenvalue weighted by atomic mass is 16.5. The Kier molecular flexibility index (Phi) is 8.72. The van der Waals surface area contributed by atoms with Crippen molar-refractivity contribution in [2.24, 2.45) is 9.98 Å². The summed E-state index contributed by atoms with van der Waals surface area (Å²) in [5.41, 5.74) is 4.29. The Labute approximate surface area is 240 Å². The standard InChI is InChI=1S/C35H31N3O3/c1-39-31-20-14-28(15-21-31)36-34(26-10-6-4-7-11-26)38(30-18-24-33(41-3)25-19-30)35(27-12-8-5-9-13-27)37-29-16-22-32(40-2)23-17-29/h4-25H,1-3H3. The number of methoxy groups -OCH3 is 3. The van der Waals surface area contributed by atoms with Crippen molar-refractivity contribution in [3.63, 3.8) is 0 Å². The molecular weight excluding hydrogens is 510 g/mol. The molecule has 5 aromatic rings. The Morgan fingerprint density at radius 2 is 0.780 bits per heavy atom. The van der Waals surface area contributed by atoms with E-state index in [1.54, 1.807) is 21.3 Å². The first-order valence-electron chi connectivity index (χ1n) is 13.2. The van der Waals surface area contributed by atoms with E-state index in [2.05, 4.69) is 29.2 Å². The number of benzene rings is 5. The Morgan fingerprint density at radius 3 is 1.12 bits per heavy atom. The lowest BCUT2D eigenvalue weighted by atomic mass is 10.1. The summed E-state index contributed by atoms with van der Waals surface area (Å²) in [5.74, 6) is 3.70. The van der Waals surface area contributed by atoms with E-state index >= 15 is 0 Å². The van der Waals surface area contributed by atoms with Crippen molar-refractivity contribution >= 4 is 28.7 Å². The molecule has 0 spiro atoms. The van der Waals surface area contributed by atoms with Crippen molar-refractivity contribution in [3.05, 3.63) is 145 Å². The number of rotatable bonds is 8. The van der Waals surface area contributed by atoms with Crippen LogP contribution in [0.2, 0.25) is 0 Å². The Morgan fingerprint density at radius 1 is 0.439 bits per heavy atom. The molecule has 0 aromatic heterocycles. The Bertz CT molecular complexity index is 1500. The molecule has 0 heterocycles. The zero-order valence-electron chi connectivity index (χ0n) is 23.3. The second-order valence-corrected chi connectivity index (χ2v) is 9.03. The summed E-state index contributed by atoms with van der Waals surface area (Å²) < 4.78 is 16.2. The third kappa shape index (κ3) is 6.62. The lowest BCUT2D eigenvalue weighted by Gasteiger charge is -2.28. The lowest BCUT2D eigenvalue weighted by Crippen LogP contribution is -2.38. The predicted octanol–water partition coefficient (Wildman–Crippen LogP) is 8.08. The summed E-state index contributed by atoms with van der Waals surface area (Å²) in [4.78, 5) is 12.5. The van der Waals surface area contributed by atoms with E-state index in [0.717, 1.165) is 45.4 Å². The molecule has 0 saturated carbocycles. The van der Waals surface area contributed by atoms with E-state index in [0.29, 0.717) is 11.7 Å². The van der Waals surface area contributed by atoms with Crippen LogP contribution in [0.4, 0.5) is 17.1 Å². The van der Waals surface area contributed by atoms with Crippen LogP contribution in [0.25, 0.3) is 0 Å². The van der Waals surface area contributed by atoms with Gasteiger partial charge in [0.15, 0.2) is 0 Å². The van der Waals surface area contributed by atoms with Crippen molar-refractivity contribution in [1.82, 2.24) is 0 Å². The van der Waals surface area contributed by atoms with Crippen LogP contribution in [0, 0.1) is 0 Å². The fraction of sp³-hybridized carbons (Fsp3) is 0.0857. The average molecular weight is 542 g/mol. The highest BCUT2D eigenvalue weighted by molar-refractivity contribution is 6.30. The molecule has 0 saturated heterocycles. The Balaban J connectivity index is 1.78. The number of hydrogen-bond donors (Lipinski definition) is 0. The van der Waals surface area contributed by atoms with Crippen LogP contribution in [0.3, 0.4) is 0 Å². The maximum atomic E-state index is 5.47. The molecule has 0 bridgehead atoms. The first-order valence-corrected chi connectivity index (χ1v) is 13.2. The number of amidine groups is 2. The number of aliphatic imine (C=N–C) groups is 2. The van der Waals surface area contributed by atoms with Crippen LogP contribution in [0.5, 0.6) is 17.2 Å². The van der Waals surface area contributed by atoms with Crippen LogP contribution in [-0.4, -0.2) is 33.0 Å². The van der Waals surface area contributed by atoms with Gasteiger partial charge in [0.2, 0.25) is 0 Å². The van der Waals surface area contributed by atoms with Gasteiger partial charge in [0, 0.05) is 16.8 Å². The van der Waals surface area contributed by atoms with Gasteiger partial charge in [-0.3, -0.25) is 4.90 Å². The van der Waals surface area contributed by atoms with Gasteiger partial charge in [-0.1, -0.05) is 60.7 Å². The summed E-state index contributed by atoms with van der Waals surface area (Å²) in [6.45, 7) is 0. The normalized spacial score (nSPS) is 11.6. The predicted molar refractivity (Wildman–Crippen MR) is 167 cm³/mol. The fourth-order valence-corrected chi connectivity index (χ4v) is 4.30. The van der Waals surface area contributed by atoms with Crippen molar-refractivity contribution in [2.45, 2.75) is 0 Å². The zero-order chi connectivity index (χ0) is 28.4. The summed E-state index contributed by atoms with van der Waals surface area (Å²) in [7, 11) is 4.97. The fourth-order valence-electron chi connectivity index (χ4n) is 4.30. The maximum Gasteiger partial charge on any atom is 0.146 e. The molecule has 41 heavy (non-hydrogen) atoms. The highest BCUT2D eigenvalue weighted by Gasteiger charge is 2.24. The third-order valence-corrected chi connectivity index (χ3v) is 6.43. The van der Waals surface area contributed by atoms with Gasteiger partial charge in [-0.15, -0.1) is 0 Å². The van der Waals surface area contributed by atoms with Crippen molar-refractivity contribution in [2.75, 3.05) is 26.2 Å². The first-order chi connectivity index (χ1) is 20.2. The molecule has 0 unspecified atom stereocenters. The Hall–Kier alpha value is -5.36. The summed E-state index contributed by atoms with van der Waals surface area (Å²) >= 11 is 0. The molecule has 0 aliphatic carbocycles. The van der Waals surface area contributed by atoms with Crippen LogP contribution in [0.1, 0.15) is 11.1 Å². The topological polar surface area (TPSA) is 55.7 Å². The summed E-state index contributed by atoms with van der Waals surface area (Å²) in [5, 5.41) is 0. The van der Waals surface area contributed by atoms with E-state index in [9.17, 15) is 0 Å². The van der Waals surface area contributed by atoms with Gasteiger partial charge < -0.3 is 14.2 Å². The number of nitrogens with zero attached hydrogens (tertiary/aromatic N) is 3. The van der Waals surface area contributed by atoms with Gasteiger partial charge in [0.25, 0.3) is 0 Å². The van der Waals surface area contributed by atoms with E-state index in [-0.39, 0.29) is 0 Å². The molecule has 0 radical (unpaired) electrons. The minimum Gasteiger partial charge on any atom is -0.497 e. The van der Waals surface area contributed by atoms with E-state index < -0.39 is 0 Å². The molecule has 0 aliphatic rings. The molecule has 6 nitrogen and oxygen atoms in total.